The normalized spacial score (nSPS) is 12.4. The van der Waals surface area contributed by atoms with E-state index < -0.39 is 13.9 Å². The van der Waals surface area contributed by atoms with E-state index in [0.717, 1.165) is 70.8 Å². The molecule has 0 aromatic heterocycles. The summed E-state index contributed by atoms with van der Waals surface area (Å²) in [5.41, 5.74) is 0. The van der Waals surface area contributed by atoms with Crippen molar-refractivity contribution < 1.29 is 37.9 Å². The molecule has 0 aromatic rings. The Morgan fingerprint density at radius 3 is 1.97 bits per heavy atom. The van der Waals surface area contributed by atoms with Crippen molar-refractivity contribution in [1.82, 2.24) is 5.32 Å². The van der Waals surface area contributed by atoms with Crippen molar-refractivity contribution in [2.75, 3.05) is 26.3 Å². The van der Waals surface area contributed by atoms with Crippen LogP contribution in [0.5, 0.6) is 0 Å². The largest absolute Gasteiger partial charge is 0.469 e. The van der Waals surface area contributed by atoms with E-state index in [1.807, 2.05) is 0 Å². The van der Waals surface area contributed by atoms with E-state index in [9.17, 15) is 14.2 Å². The molecule has 0 rings (SSSR count). The summed E-state index contributed by atoms with van der Waals surface area (Å²) in [6.45, 7) is 3.86. The Balaban J connectivity index is 3.92. The minimum atomic E-state index is -4.62. The molecule has 0 fully saturated rings. The molecular weight excluding hydrogens is 473 g/mol. The van der Waals surface area contributed by atoms with E-state index in [2.05, 4.69) is 21.5 Å². The number of carbonyl (C=O) groups excluding carboxylic acids is 2. The Hall–Kier alpha value is -0.990. The number of nitrogens with one attached hydrogen (secondary N) is 1. The number of hydrogen-bond acceptors (Lipinski definition) is 7. The zero-order valence-electron chi connectivity index (χ0n) is 21.8. The molecule has 0 radical (unpaired) electrons. The van der Waals surface area contributed by atoms with E-state index in [-0.39, 0.29) is 12.6 Å². The topological polar surface area (TPSA) is 131 Å². The molecule has 0 saturated heterocycles. The van der Waals surface area contributed by atoms with Gasteiger partial charge in [-0.15, -0.1) is 0 Å². The Kier molecular flexibility index (Phi) is 24.0. The van der Waals surface area contributed by atoms with Crippen LogP contribution in [0.4, 0.5) is 0 Å². The summed E-state index contributed by atoms with van der Waals surface area (Å²) in [5.74, 6) is -0.354. The molecule has 0 aliphatic carbocycles. The van der Waals surface area contributed by atoms with Crippen LogP contribution in [0.1, 0.15) is 116 Å². The second kappa shape index (κ2) is 24.7. The van der Waals surface area contributed by atoms with Gasteiger partial charge in [-0.05, 0) is 25.8 Å². The summed E-state index contributed by atoms with van der Waals surface area (Å²) in [6, 6.07) is 0. The van der Waals surface area contributed by atoms with Gasteiger partial charge in [-0.2, -0.15) is 0 Å². The number of unbranched alkanes of at least 4 members (excludes halogenated alkanes) is 14. The van der Waals surface area contributed by atoms with Crippen LogP contribution in [0.2, 0.25) is 0 Å². The van der Waals surface area contributed by atoms with E-state index >= 15 is 0 Å². The Labute approximate surface area is 212 Å². The van der Waals surface area contributed by atoms with Crippen LogP contribution in [-0.4, -0.2) is 54.6 Å². The van der Waals surface area contributed by atoms with Crippen molar-refractivity contribution in [2.24, 2.45) is 0 Å². The highest BCUT2D eigenvalue weighted by atomic mass is 31.2. The second-order valence-electron chi connectivity index (χ2n) is 9.12. The van der Waals surface area contributed by atoms with Crippen molar-refractivity contribution in [2.45, 2.75) is 122 Å². The number of ether oxygens (including phenoxy) is 2. The molecule has 0 aromatic carbocycles. The van der Waals surface area contributed by atoms with Crippen molar-refractivity contribution in [3.8, 4) is 0 Å². The molecular formula is C25H50NO8P. The van der Waals surface area contributed by atoms with Gasteiger partial charge in [0.25, 0.3) is 6.47 Å². The molecule has 0 amide bonds. The lowest BCUT2D eigenvalue weighted by atomic mass is 10.1. The van der Waals surface area contributed by atoms with Gasteiger partial charge in [0.2, 0.25) is 0 Å². The molecule has 1 atom stereocenters. The average molecular weight is 524 g/mol. The number of carbonyl (C=O) groups is 2. The SMILES string of the molecule is CCCCCCCCCCCC(=O)O[C@@H](CNCCCCCCCCCOC=O)COP(=O)(O)O. The van der Waals surface area contributed by atoms with Gasteiger partial charge >= 0.3 is 13.8 Å². The predicted molar refractivity (Wildman–Crippen MR) is 137 cm³/mol. The molecule has 0 unspecified atom stereocenters. The minimum absolute atomic E-state index is 0.292. The summed E-state index contributed by atoms with van der Waals surface area (Å²) in [4.78, 5) is 40.2. The van der Waals surface area contributed by atoms with Crippen LogP contribution in [0.25, 0.3) is 0 Å². The third-order valence-electron chi connectivity index (χ3n) is 5.77. The smallest absolute Gasteiger partial charge is 0.468 e. The fourth-order valence-corrected chi connectivity index (χ4v) is 4.13. The van der Waals surface area contributed by atoms with Gasteiger partial charge in [-0.1, -0.05) is 90.4 Å². The standard InChI is InChI=1S/C25H50NO8P/c1-2-3-4-5-6-7-9-12-15-18-25(28)34-24(22-33-35(29,30)31)21-26-19-16-13-10-8-11-14-17-20-32-23-27/h23-24,26H,2-22H2,1H3,(H2,29,30,31)/t24-/m0/s1. The molecule has 9 nitrogen and oxygen atoms in total. The molecule has 35 heavy (non-hydrogen) atoms. The van der Waals surface area contributed by atoms with Gasteiger partial charge in [0, 0.05) is 13.0 Å². The zero-order valence-corrected chi connectivity index (χ0v) is 22.7. The summed E-state index contributed by atoms with van der Waals surface area (Å²) >= 11 is 0. The number of rotatable bonds is 27. The summed E-state index contributed by atoms with van der Waals surface area (Å²) < 4.78 is 25.7. The number of hydrogen-bond donors (Lipinski definition) is 3. The fourth-order valence-electron chi connectivity index (χ4n) is 3.77. The maximum Gasteiger partial charge on any atom is 0.469 e. The molecule has 208 valence electrons. The molecule has 0 bridgehead atoms. The number of phosphoric ester groups is 1. The first-order chi connectivity index (χ1) is 16.9. The second-order valence-corrected chi connectivity index (χ2v) is 10.4. The first kappa shape index (κ1) is 34.0. The van der Waals surface area contributed by atoms with Gasteiger partial charge in [-0.3, -0.25) is 14.1 Å². The highest BCUT2D eigenvalue weighted by molar-refractivity contribution is 7.46. The quantitative estimate of drug-likeness (QED) is 0.0559. The highest BCUT2D eigenvalue weighted by Gasteiger charge is 2.21. The van der Waals surface area contributed by atoms with Crippen LogP contribution < -0.4 is 5.32 Å². The maximum atomic E-state index is 12.2. The maximum absolute atomic E-state index is 12.2. The third-order valence-corrected chi connectivity index (χ3v) is 6.25. The average Bonchev–Trinajstić information content (AvgIpc) is 2.81. The van der Waals surface area contributed by atoms with Gasteiger partial charge in [0.05, 0.1) is 13.2 Å². The van der Waals surface area contributed by atoms with E-state index in [0.29, 0.717) is 26.0 Å². The van der Waals surface area contributed by atoms with Crippen LogP contribution in [0.15, 0.2) is 0 Å². The van der Waals surface area contributed by atoms with Crippen LogP contribution in [-0.2, 0) is 28.2 Å². The highest BCUT2D eigenvalue weighted by Crippen LogP contribution is 2.35. The predicted octanol–water partition coefficient (Wildman–Crippen LogP) is 5.42. The Morgan fingerprint density at radius 1 is 0.857 bits per heavy atom. The fraction of sp³-hybridized carbons (Fsp3) is 0.920. The first-order valence-electron chi connectivity index (χ1n) is 13.5. The van der Waals surface area contributed by atoms with Gasteiger partial charge < -0.3 is 24.6 Å². The Morgan fingerprint density at radius 2 is 1.40 bits per heavy atom. The summed E-state index contributed by atoms with van der Waals surface area (Å²) in [5, 5.41) is 3.20. The summed E-state index contributed by atoms with van der Waals surface area (Å²) in [6.07, 6.45) is 17.4. The minimum Gasteiger partial charge on any atom is -0.468 e. The van der Waals surface area contributed by atoms with Gasteiger partial charge in [0.1, 0.15) is 6.10 Å². The lowest BCUT2D eigenvalue weighted by molar-refractivity contribution is -0.150. The Bertz CT molecular complexity index is 544. The van der Waals surface area contributed by atoms with Crippen LogP contribution in [0, 0.1) is 0 Å². The van der Waals surface area contributed by atoms with E-state index in [1.165, 1.54) is 38.5 Å². The lowest BCUT2D eigenvalue weighted by Crippen LogP contribution is -2.35. The molecule has 0 aliphatic rings. The van der Waals surface area contributed by atoms with Crippen LogP contribution in [0.3, 0.4) is 0 Å². The van der Waals surface area contributed by atoms with Gasteiger partial charge in [-0.25, -0.2) is 4.57 Å². The van der Waals surface area contributed by atoms with Crippen molar-refractivity contribution in [3.05, 3.63) is 0 Å². The molecule has 10 heteroatoms. The first-order valence-corrected chi connectivity index (χ1v) is 15.1. The molecule has 3 N–H and O–H groups in total. The molecule has 0 heterocycles. The van der Waals surface area contributed by atoms with Crippen molar-refractivity contribution in [1.29, 1.82) is 0 Å². The zero-order chi connectivity index (χ0) is 26.0. The molecule has 0 aliphatic heterocycles. The molecule has 0 spiro atoms. The van der Waals surface area contributed by atoms with Crippen LogP contribution >= 0.6 is 7.82 Å². The molecule has 0 saturated carbocycles. The number of phosphoric acid groups is 1. The monoisotopic (exact) mass is 523 g/mol. The van der Waals surface area contributed by atoms with Crippen molar-refractivity contribution >= 4 is 20.3 Å². The van der Waals surface area contributed by atoms with E-state index in [4.69, 9.17) is 14.5 Å². The van der Waals surface area contributed by atoms with Gasteiger partial charge in [0.15, 0.2) is 0 Å². The number of esters is 1. The third kappa shape index (κ3) is 27.4. The summed E-state index contributed by atoms with van der Waals surface area (Å²) in [7, 11) is -4.62. The van der Waals surface area contributed by atoms with E-state index in [1.54, 1.807) is 0 Å². The van der Waals surface area contributed by atoms with Crippen molar-refractivity contribution in [3.63, 3.8) is 0 Å². The lowest BCUT2D eigenvalue weighted by Gasteiger charge is -2.19.